The predicted octanol–water partition coefficient (Wildman–Crippen LogP) is 2.87. The first kappa shape index (κ1) is 9.73. The maximum atomic E-state index is 11.1. The summed E-state index contributed by atoms with van der Waals surface area (Å²) < 4.78 is 1.89. The first-order valence-electron chi connectivity index (χ1n) is 5.19. The fourth-order valence-electron chi connectivity index (χ4n) is 2.48. The minimum absolute atomic E-state index is 0.439. The Balaban J connectivity index is 2.31. The van der Waals surface area contributed by atoms with E-state index in [0.717, 1.165) is 23.0 Å². The Labute approximate surface area is 97.2 Å². The number of aliphatic carboxylic acids is 1. The zero-order valence-corrected chi connectivity index (χ0v) is 9.24. The van der Waals surface area contributed by atoms with Crippen molar-refractivity contribution in [3.63, 3.8) is 0 Å². The zero-order chi connectivity index (χ0) is 11.3. The van der Waals surface area contributed by atoms with Crippen LogP contribution >= 0.6 is 11.6 Å². The van der Waals surface area contributed by atoms with Crippen LogP contribution in [0.5, 0.6) is 0 Å². The molecule has 2 aromatic rings. The van der Waals surface area contributed by atoms with Crippen LogP contribution in [-0.2, 0) is 11.2 Å². The second kappa shape index (κ2) is 3.25. The highest BCUT2D eigenvalue weighted by molar-refractivity contribution is 6.35. The van der Waals surface area contributed by atoms with Crippen molar-refractivity contribution in [3.8, 4) is 0 Å². The first-order chi connectivity index (χ1) is 7.68. The average molecular weight is 236 g/mol. The Bertz CT molecular complexity index is 588. The van der Waals surface area contributed by atoms with Gasteiger partial charge in [0, 0.05) is 16.1 Å². The summed E-state index contributed by atoms with van der Waals surface area (Å²) in [5, 5.41) is 10.8. The van der Waals surface area contributed by atoms with Gasteiger partial charge in [0.25, 0.3) is 0 Å². The van der Waals surface area contributed by atoms with Gasteiger partial charge in [-0.05, 0) is 31.0 Å². The lowest BCUT2D eigenvalue weighted by Gasteiger charge is -2.09. The molecular weight excluding hydrogens is 226 g/mol. The van der Waals surface area contributed by atoms with Crippen LogP contribution in [0.25, 0.3) is 10.9 Å². The van der Waals surface area contributed by atoms with E-state index in [4.69, 9.17) is 16.7 Å². The number of benzene rings is 1. The number of hydrogen-bond acceptors (Lipinski definition) is 1. The minimum atomic E-state index is -0.767. The number of carbonyl (C=O) groups is 1. The van der Waals surface area contributed by atoms with E-state index in [-0.39, 0.29) is 0 Å². The standard InChI is InChI=1S/C12H10ClNO2/c13-9-2-1-3-10-8(9)6-7-4-5-11(12(15)16)14(7)10/h1-3,6,11H,4-5H2,(H,15,16). The third kappa shape index (κ3) is 1.18. The van der Waals surface area contributed by atoms with Gasteiger partial charge in [-0.15, -0.1) is 0 Å². The number of aromatic nitrogens is 1. The van der Waals surface area contributed by atoms with E-state index in [9.17, 15) is 4.79 Å². The SMILES string of the molecule is O=C(O)C1CCc2cc3c(Cl)cccc3n21. The van der Waals surface area contributed by atoms with Crippen LogP contribution in [0, 0.1) is 0 Å². The summed E-state index contributed by atoms with van der Waals surface area (Å²) in [6.07, 6.45) is 1.48. The van der Waals surface area contributed by atoms with Crippen LogP contribution < -0.4 is 0 Å². The topological polar surface area (TPSA) is 42.2 Å². The normalized spacial score (nSPS) is 18.9. The predicted molar refractivity (Wildman–Crippen MR) is 61.9 cm³/mol. The van der Waals surface area contributed by atoms with Crippen molar-refractivity contribution < 1.29 is 9.90 Å². The molecule has 1 aromatic heterocycles. The molecular formula is C12H10ClNO2. The smallest absolute Gasteiger partial charge is 0.326 e. The van der Waals surface area contributed by atoms with E-state index in [2.05, 4.69) is 0 Å². The molecule has 0 radical (unpaired) electrons. The number of rotatable bonds is 1. The number of nitrogens with zero attached hydrogens (tertiary/aromatic N) is 1. The van der Waals surface area contributed by atoms with Crippen LogP contribution in [0.2, 0.25) is 5.02 Å². The quantitative estimate of drug-likeness (QED) is 0.826. The highest BCUT2D eigenvalue weighted by Crippen LogP contribution is 2.35. The maximum Gasteiger partial charge on any atom is 0.326 e. The molecule has 1 N–H and O–H groups in total. The van der Waals surface area contributed by atoms with Crippen LogP contribution in [0.4, 0.5) is 0 Å². The molecule has 1 aliphatic heterocycles. The number of carboxylic acids is 1. The van der Waals surface area contributed by atoms with Crippen molar-refractivity contribution in [2.75, 3.05) is 0 Å². The fraction of sp³-hybridized carbons (Fsp3) is 0.250. The molecule has 1 aromatic carbocycles. The van der Waals surface area contributed by atoms with Crippen molar-refractivity contribution in [1.82, 2.24) is 4.57 Å². The van der Waals surface area contributed by atoms with E-state index in [1.54, 1.807) is 0 Å². The second-order valence-electron chi connectivity index (χ2n) is 4.07. The molecule has 0 amide bonds. The molecule has 4 heteroatoms. The molecule has 1 aliphatic rings. The molecule has 2 heterocycles. The van der Waals surface area contributed by atoms with Gasteiger partial charge in [-0.25, -0.2) is 4.79 Å². The monoisotopic (exact) mass is 235 g/mol. The lowest BCUT2D eigenvalue weighted by Crippen LogP contribution is -2.14. The second-order valence-corrected chi connectivity index (χ2v) is 4.48. The third-order valence-corrected chi connectivity index (χ3v) is 3.51. The molecule has 0 saturated carbocycles. The van der Waals surface area contributed by atoms with Crippen molar-refractivity contribution in [1.29, 1.82) is 0 Å². The number of aryl methyl sites for hydroxylation is 1. The van der Waals surface area contributed by atoms with Crippen molar-refractivity contribution in [3.05, 3.63) is 35.0 Å². The summed E-state index contributed by atoms with van der Waals surface area (Å²) in [5.41, 5.74) is 1.99. The van der Waals surface area contributed by atoms with Gasteiger partial charge < -0.3 is 9.67 Å². The van der Waals surface area contributed by atoms with Gasteiger partial charge in [-0.1, -0.05) is 17.7 Å². The molecule has 82 valence electrons. The number of fused-ring (bicyclic) bond motifs is 3. The van der Waals surface area contributed by atoms with E-state index in [1.807, 2.05) is 28.8 Å². The van der Waals surface area contributed by atoms with Crippen molar-refractivity contribution in [2.45, 2.75) is 18.9 Å². The highest BCUT2D eigenvalue weighted by atomic mass is 35.5. The van der Waals surface area contributed by atoms with E-state index < -0.39 is 12.0 Å². The van der Waals surface area contributed by atoms with Gasteiger partial charge in [0.05, 0.1) is 5.52 Å². The molecule has 3 nitrogen and oxygen atoms in total. The number of hydrogen-bond donors (Lipinski definition) is 1. The largest absolute Gasteiger partial charge is 0.480 e. The van der Waals surface area contributed by atoms with Gasteiger partial charge in [0.15, 0.2) is 0 Å². The number of carboxylic acid groups (broad SMARTS) is 1. The summed E-state index contributed by atoms with van der Waals surface area (Å²) in [7, 11) is 0. The molecule has 0 aliphatic carbocycles. The molecule has 1 atom stereocenters. The lowest BCUT2D eigenvalue weighted by atomic mass is 10.1. The maximum absolute atomic E-state index is 11.1. The summed E-state index contributed by atoms with van der Waals surface area (Å²) in [6, 6.07) is 7.17. The van der Waals surface area contributed by atoms with E-state index >= 15 is 0 Å². The van der Waals surface area contributed by atoms with E-state index in [1.165, 1.54) is 0 Å². The Morgan fingerprint density at radius 3 is 3.06 bits per heavy atom. The van der Waals surface area contributed by atoms with Crippen molar-refractivity contribution >= 4 is 28.5 Å². The van der Waals surface area contributed by atoms with Crippen LogP contribution in [0.1, 0.15) is 18.2 Å². The first-order valence-corrected chi connectivity index (χ1v) is 5.57. The van der Waals surface area contributed by atoms with Crippen molar-refractivity contribution in [2.24, 2.45) is 0 Å². The van der Waals surface area contributed by atoms with Crippen LogP contribution in [-0.4, -0.2) is 15.6 Å². The Morgan fingerprint density at radius 2 is 2.31 bits per heavy atom. The molecule has 3 rings (SSSR count). The molecule has 0 saturated heterocycles. The van der Waals surface area contributed by atoms with Crippen LogP contribution in [0.3, 0.4) is 0 Å². The van der Waals surface area contributed by atoms with Gasteiger partial charge in [0.2, 0.25) is 0 Å². The van der Waals surface area contributed by atoms with Gasteiger partial charge in [-0.2, -0.15) is 0 Å². The Hall–Kier alpha value is -1.48. The fourth-order valence-corrected chi connectivity index (χ4v) is 2.70. The highest BCUT2D eigenvalue weighted by Gasteiger charge is 2.29. The average Bonchev–Trinajstić information content (AvgIpc) is 2.77. The number of halogens is 1. The zero-order valence-electron chi connectivity index (χ0n) is 8.48. The summed E-state index contributed by atoms with van der Waals surface area (Å²) in [4.78, 5) is 11.1. The molecule has 0 bridgehead atoms. The van der Waals surface area contributed by atoms with Gasteiger partial charge in [-0.3, -0.25) is 0 Å². The Kier molecular flexibility index (Phi) is 1.98. The van der Waals surface area contributed by atoms with Gasteiger partial charge in [0.1, 0.15) is 6.04 Å². The summed E-state index contributed by atoms with van der Waals surface area (Å²) in [6.45, 7) is 0. The van der Waals surface area contributed by atoms with E-state index in [0.29, 0.717) is 11.4 Å². The summed E-state index contributed by atoms with van der Waals surface area (Å²) >= 11 is 6.09. The van der Waals surface area contributed by atoms with Gasteiger partial charge >= 0.3 is 5.97 Å². The lowest BCUT2D eigenvalue weighted by molar-refractivity contribution is -0.140. The summed E-state index contributed by atoms with van der Waals surface area (Å²) in [5.74, 6) is -0.767. The molecule has 16 heavy (non-hydrogen) atoms. The molecule has 0 spiro atoms. The van der Waals surface area contributed by atoms with Crippen LogP contribution in [0.15, 0.2) is 24.3 Å². The third-order valence-electron chi connectivity index (χ3n) is 3.18. The molecule has 0 fully saturated rings. The minimum Gasteiger partial charge on any atom is -0.480 e. The Morgan fingerprint density at radius 1 is 1.50 bits per heavy atom. The molecule has 1 unspecified atom stereocenters.